The molecule has 0 spiro atoms. The van der Waals surface area contributed by atoms with E-state index in [-0.39, 0.29) is 30.8 Å². The molecule has 0 fully saturated rings. The molecule has 39 heavy (non-hydrogen) atoms. The molecule has 0 unspecified atom stereocenters. The lowest BCUT2D eigenvalue weighted by Gasteiger charge is -2.20. The van der Waals surface area contributed by atoms with Gasteiger partial charge >= 0.3 is 12.0 Å². The van der Waals surface area contributed by atoms with E-state index in [1.165, 1.54) is 38.5 Å². The zero-order valence-corrected chi connectivity index (χ0v) is 23.2. The van der Waals surface area contributed by atoms with Gasteiger partial charge in [0, 0.05) is 31.3 Å². The Hall–Kier alpha value is -3.87. The molecule has 0 aliphatic rings. The molecule has 0 atom stereocenters. The Kier molecular flexibility index (Phi) is 11.8. The van der Waals surface area contributed by atoms with Crippen LogP contribution in [0.15, 0.2) is 66.7 Å². The number of amides is 2. The number of benzene rings is 3. The van der Waals surface area contributed by atoms with Crippen molar-refractivity contribution < 1.29 is 23.5 Å². The van der Waals surface area contributed by atoms with Gasteiger partial charge in [0.1, 0.15) is 18.2 Å². The number of urea groups is 1. The smallest absolute Gasteiger partial charge is 0.321 e. The second-order valence-corrected chi connectivity index (χ2v) is 9.58. The van der Waals surface area contributed by atoms with E-state index in [2.05, 4.69) is 12.2 Å². The molecule has 0 saturated heterocycles. The highest BCUT2D eigenvalue weighted by atomic mass is 19.1. The van der Waals surface area contributed by atoms with Crippen LogP contribution in [0.3, 0.4) is 0 Å². The molecule has 0 aliphatic heterocycles. The van der Waals surface area contributed by atoms with Crippen LogP contribution < -0.4 is 15.0 Å². The van der Waals surface area contributed by atoms with Crippen LogP contribution in [0, 0.1) is 5.82 Å². The van der Waals surface area contributed by atoms with Gasteiger partial charge in [-0.15, -0.1) is 0 Å². The van der Waals surface area contributed by atoms with Crippen molar-refractivity contribution >= 4 is 17.7 Å². The van der Waals surface area contributed by atoms with Crippen LogP contribution in [-0.4, -0.2) is 32.7 Å². The average Bonchev–Trinajstić information content (AvgIpc) is 2.97. The molecule has 6 nitrogen and oxygen atoms in total. The number of ether oxygens (including phenoxy) is 2. The molecule has 1 N–H and O–H groups in total. The first kappa shape index (κ1) is 29.7. The van der Waals surface area contributed by atoms with Crippen molar-refractivity contribution in [2.24, 2.45) is 0 Å². The summed E-state index contributed by atoms with van der Waals surface area (Å²) >= 11 is 0. The number of nitrogens with one attached hydrogen (secondary N) is 1. The van der Waals surface area contributed by atoms with Crippen molar-refractivity contribution in [2.45, 2.75) is 58.5 Å². The fourth-order valence-corrected chi connectivity index (χ4v) is 4.21. The molecule has 0 aliphatic carbocycles. The lowest BCUT2D eigenvalue weighted by Crippen LogP contribution is -2.37. The molecular weight excluding hydrogens is 495 g/mol. The van der Waals surface area contributed by atoms with Crippen LogP contribution in [0.5, 0.6) is 5.75 Å². The van der Waals surface area contributed by atoms with Crippen LogP contribution in [0.1, 0.15) is 56.6 Å². The lowest BCUT2D eigenvalue weighted by atomic mass is 10.00. The molecule has 0 radical (unpaired) electrons. The van der Waals surface area contributed by atoms with Gasteiger partial charge in [0.05, 0.1) is 7.11 Å². The number of halogens is 1. The molecule has 0 aromatic heterocycles. The Morgan fingerprint density at radius 1 is 0.923 bits per heavy atom. The zero-order valence-electron chi connectivity index (χ0n) is 23.2. The van der Waals surface area contributed by atoms with Gasteiger partial charge in [0.15, 0.2) is 0 Å². The summed E-state index contributed by atoms with van der Waals surface area (Å²) in [5.74, 6) is 0.0616. The fourth-order valence-electron chi connectivity index (χ4n) is 4.21. The van der Waals surface area contributed by atoms with Crippen LogP contribution >= 0.6 is 0 Å². The van der Waals surface area contributed by atoms with E-state index in [0.717, 1.165) is 40.8 Å². The van der Waals surface area contributed by atoms with Crippen LogP contribution in [0.2, 0.25) is 0 Å². The highest BCUT2D eigenvalue weighted by Crippen LogP contribution is 2.34. The summed E-state index contributed by atoms with van der Waals surface area (Å²) in [7, 11) is 3.13. The van der Waals surface area contributed by atoms with Crippen LogP contribution in [0.4, 0.5) is 14.9 Å². The van der Waals surface area contributed by atoms with Crippen molar-refractivity contribution in [1.29, 1.82) is 0 Å². The number of aryl methyl sites for hydroxylation is 1. The van der Waals surface area contributed by atoms with E-state index >= 15 is 0 Å². The Labute approximate surface area is 231 Å². The SMILES string of the molecule is CCCCCCCNC(=O)N(C)c1cccc(-c2ccc(CCC(=O)OC)cc2OCc2ccc(F)cc2)c1. The molecule has 3 aromatic carbocycles. The van der Waals surface area contributed by atoms with E-state index in [4.69, 9.17) is 9.47 Å². The first-order valence-corrected chi connectivity index (χ1v) is 13.6. The molecule has 0 heterocycles. The zero-order chi connectivity index (χ0) is 28.0. The average molecular weight is 535 g/mol. The molecule has 3 aromatic rings. The van der Waals surface area contributed by atoms with E-state index in [9.17, 15) is 14.0 Å². The topological polar surface area (TPSA) is 67.9 Å². The molecule has 0 bridgehead atoms. The predicted octanol–water partition coefficient (Wildman–Crippen LogP) is 7.29. The van der Waals surface area contributed by atoms with E-state index in [1.54, 1.807) is 24.1 Å². The number of carbonyl (C=O) groups is 2. The van der Waals surface area contributed by atoms with Crippen molar-refractivity contribution in [2.75, 3.05) is 25.6 Å². The maximum absolute atomic E-state index is 13.3. The van der Waals surface area contributed by atoms with Crippen molar-refractivity contribution in [3.05, 3.63) is 83.7 Å². The summed E-state index contributed by atoms with van der Waals surface area (Å²) in [5, 5.41) is 3.00. The molecule has 3 rings (SSSR count). The Morgan fingerprint density at radius 3 is 2.41 bits per heavy atom. The maximum atomic E-state index is 13.3. The van der Waals surface area contributed by atoms with Gasteiger partial charge in [0.25, 0.3) is 0 Å². The van der Waals surface area contributed by atoms with Gasteiger partial charge < -0.3 is 14.8 Å². The van der Waals surface area contributed by atoms with Gasteiger partial charge in [-0.25, -0.2) is 9.18 Å². The number of carbonyl (C=O) groups excluding carboxylic acids is 2. The Morgan fingerprint density at radius 2 is 1.67 bits per heavy atom. The highest BCUT2D eigenvalue weighted by Gasteiger charge is 2.14. The van der Waals surface area contributed by atoms with Crippen molar-refractivity contribution in [3.63, 3.8) is 0 Å². The number of methoxy groups -OCH3 is 1. The third-order valence-electron chi connectivity index (χ3n) is 6.60. The maximum Gasteiger partial charge on any atom is 0.321 e. The standard InChI is InChI=1S/C32H39FN2O4/c1-4-5-6-7-8-20-34-32(37)35(2)28-11-9-10-26(22-28)29-18-14-24(15-19-31(36)38-3)21-30(29)39-23-25-12-16-27(33)17-13-25/h9-14,16-18,21-22H,4-8,15,19-20,23H2,1-3H3,(H,34,37). The number of hydrogen-bond donors (Lipinski definition) is 1. The quantitative estimate of drug-likeness (QED) is 0.174. The minimum Gasteiger partial charge on any atom is -0.488 e. The molecular formula is C32H39FN2O4. The summed E-state index contributed by atoms with van der Waals surface area (Å²) in [6.07, 6.45) is 6.48. The van der Waals surface area contributed by atoms with Gasteiger partial charge in [-0.05, 0) is 59.9 Å². The molecule has 2 amide bonds. The number of anilines is 1. The summed E-state index contributed by atoms with van der Waals surface area (Å²) in [6, 6.07) is 19.6. The molecule has 7 heteroatoms. The number of hydrogen-bond acceptors (Lipinski definition) is 4. The number of unbranched alkanes of at least 4 members (excludes halogenated alkanes) is 4. The van der Waals surface area contributed by atoms with Gasteiger partial charge in [-0.1, -0.05) is 69.0 Å². The van der Waals surface area contributed by atoms with Gasteiger partial charge in [0.2, 0.25) is 0 Å². The minimum atomic E-state index is -0.300. The Bertz CT molecular complexity index is 1210. The Balaban J connectivity index is 1.77. The largest absolute Gasteiger partial charge is 0.488 e. The first-order chi connectivity index (χ1) is 18.9. The van der Waals surface area contributed by atoms with Gasteiger partial charge in [-0.3, -0.25) is 9.69 Å². The minimum absolute atomic E-state index is 0.145. The first-order valence-electron chi connectivity index (χ1n) is 13.6. The summed E-state index contributed by atoms with van der Waals surface area (Å²) in [4.78, 5) is 26.0. The van der Waals surface area contributed by atoms with Crippen molar-refractivity contribution in [1.82, 2.24) is 5.32 Å². The van der Waals surface area contributed by atoms with Crippen LogP contribution in [0.25, 0.3) is 11.1 Å². The third kappa shape index (κ3) is 9.43. The summed E-state index contributed by atoms with van der Waals surface area (Å²) in [6.45, 7) is 3.10. The second-order valence-electron chi connectivity index (χ2n) is 9.58. The normalized spacial score (nSPS) is 10.7. The molecule has 208 valence electrons. The summed E-state index contributed by atoms with van der Waals surface area (Å²) in [5.41, 5.74) is 4.27. The van der Waals surface area contributed by atoms with E-state index in [1.807, 2.05) is 42.5 Å². The van der Waals surface area contributed by atoms with E-state index < -0.39 is 0 Å². The number of esters is 1. The number of rotatable bonds is 14. The second kappa shape index (κ2) is 15.5. The van der Waals surface area contributed by atoms with E-state index in [0.29, 0.717) is 18.7 Å². The van der Waals surface area contributed by atoms with Crippen LogP contribution in [-0.2, 0) is 22.6 Å². The lowest BCUT2D eigenvalue weighted by molar-refractivity contribution is -0.140. The number of nitrogens with zero attached hydrogens (tertiary/aromatic N) is 1. The third-order valence-corrected chi connectivity index (χ3v) is 6.60. The van der Waals surface area contributed by atoms with Crippen molar-refractivity contribution in [3.8, 4) is 16.9 Å². The van der Waals surface area contributed by atoms with Gasteiger partial charge in [-0.2, -0.15) is 0 Å². The monoisotopic (exact) mass is 534 g/mol. The molecule has 0 saturated carbocycles. The fraction of sp³-hybridized carbons (Fsp3) is 0.375. The highest BCUT2D eigenvalue weighted by molar-refractivity contribution is 5.92. The summed E-state index contributed by atoms with van der Waals surface area (Å²) < 4.78 is 24.3. The predicted molar refractivity (Wildman–Crippen MR) is 154 cm³/mol.